The van der Waals surface area contributed by atoms with Crippen LogP contribution in [0.3, 0.4) is 0 Å². The summed E-state index contributed by atoms with van der Waals surface area (Å²) in [5.74, 6) is 0. The van der Waals surface area contributed by atoms with Gasteiger partial charge in [0.15, 0.2) is 0 Å². The third kappa shape index (κ3) is 4.98. The van der Waals surface area contributed by atoms with Crippen LogP contribution in [0.4, 0.5) is 5.69 Å². The fraction of sp³-hybridized carbons (Fsp3) is 0.600. The van der Waals surface area contributed by atoms with E-state index in [0.717, 1.165) is 31.7 Å². The predicted octanol–water partition coefficient (Wildman–Crippen LogP) is 2.36. The zero-order chi connectivity index (χ0) is 15.1. The number of hydrogen-bond donors (Lipinski definition) is 2. The van der Waals surface area contributed by atoms with Gasteiger partial charge in [-0.05, 0) is 49.9 Å². The van der Waals surface area contributed by atoms with Crippen LogP contribution in [-0.4, -0.2) is 34.2 Å². The number of sulfonamides is 1. The lowest BCUT2D eigenvalue weighted by atomic mass is 10.1. The SMILES string of the molecule is CCNS(=O)(=O)c1ccc(NCCC2CCCCO2)cc1. The zero-order valence-corrected chi connectivity index (χ0v) is 13.3. The molecule has 1 heterocycles. The van der Waals surface area contributed by atoms with Crippen LogP contribution in [0.25, 0.3) is 0 Å². The lowest BCUT2D eigenvalue weighted by Gasteiger charge is -2.22. The molecule has 0 bridgehead atoms. The minimum atomic E-state index is -3.36. The van der Waals surface area contributed by atoms with E-state index in [1.165, 1.54) is 12.8 Å². The van der Waals surface area contributed by atoms with Crippen molar-refractivity contribution < 1.29 is 13.2 Å². The first-order chi connectivity index (χ1) is 10.1. The summed E-state index contributed by atoms with van der Waals surface area (Å²) >= 11 is 0. The second-order valence-electron chi connectivity index (χ2n) is 5.23. The van der Waals surface area contributed by atoms with Crippen LogP contribution >= 0.6 is 0 Å². The van der Waals surface area contributed by atoms with E-state index >= 15 is 0 Å². The van der Waals surface area contributed by atoms with Crippen molar-refractivity contribution in [2.24, 2.45) is 0 Å². The maximum atomic E-state index is 11.8. The van der Waals surface area contributed by atoms with Crippen LogP contribution in [-0.2, 0) is 14.8 Å². The smallest absolute Gasteiger partial charge is 0.240 e. The normalized spacial score (nSPS) is 19.4. The fourth-order valence-corrected chi connectivity index (χ4v) is 3.48. The molecule has 0 aromatic heterocycles. The van der Waals surface area contributed by atoms with Gasteiger partial charge in [0.2, 0.25) is 10.0 Å². The van der Waals surface area contributed by atoms with E-state index in [4.69, 9.17) is 4.74 Å². The van der Waals surface area contributed by atoms with Crippen molar-refractivity contribution in [1.82, 2.24) is 4.72 Å². The Balaban J connectivity index is 1.82. The molecule has 0 saturated carbocycles. The summed E-state index contributed by atoms with van der Waals surface area (Å²) in [6.45, 7) is 3.87. The van der Waals surface area contributed by atoms with E-state index in [9.17, 15) is 8.42 Å². The molecule has 5 nitrogen and oxygen atoms in total. The highest BCUT2D eigenvalue weighted by Crippen LogP contribution is 2.17. The van der Waals surface area contributed by atoms with Crippen LogP contribution in [0, 0.1) is 0 Å². The molecule has 1 aliphatic heterocycles. The van der Waals surface area contributed by atoms with Gasteiger partial charge in [-0.3, -0.25) is 0 Å². The Morgan fingerprint density at radius 2 is 2.00 bits per heavy atom. The van der Waals surface area contributed by atoms with E-state index in [2.05, 4.69) is 10.0 Å². The molecule has 1 aliphatic rings. The summed E-state index contributed by atoms with van der Waals surface area (Å²) < 4.78 is 31.8. The number of anilines is 1. The van der Waals surface area contributed by atoms with Gasteiger partial charge in [-0.15, -0.1) is 0 Å². The lowest BCUT2D eigenvalue weighted by Crippen LogP contribution is -2.23. The standard InChI is InChI=1S/C15H24N2O3S/c1-2-17-21(18,19)15-8-6-13(7-9-15)16-11-10-14-5-3-4-12-20-14/h6-9,14,16-17H,2-5,10-12H2,1H3. The lowest BCUT2D eigenvalue weighted by molar-refractivity contribution is 0.0134. The van der Waals surface area contributed by atoms with Crippen molar-refractivity contribution in [3.05, 3.63) is 24.3 Å². The third-order valence-corrected chi connectivity index (χ3v) is 5.13. The van der Waals surface area contributed by atoms with Gasteiger partial charge >= 0.3 is 0 Å². The van der Waals surface area contributed by atoms with E-state index < -0.39 is 10.0 Å². The Morgan fingerprint density at radius 3 is 2.62 bits per heavy atom. The van der Waals surface area contributed by atoms with Crippen molar-refractivity contribution in [2.45, 2.75) is 43.6 Å². The van der Waals surface area contributed by atoms with E-state index in [-0.39, 0.29) is 0 Å². The predicted molar refractivity (Wildman–Crippen MR) is 84.0 cm³/mol. The molecule has 0 spiro atoms. The Bertz CT molecular complexity index is 522. The molecule has 1 aromatic rings. The largest absolute Gasteiger partial charge is 0.385 e. The summed E-state index contributed by atoms with van der Waals surface area (Å²) in [6, 6.07) is 6.84. The number of rotatable bonds is 7. The van der Waals surface area contributed by atoms with Crippen molar-refractivity contribution in [2.75, 3.05) is 25.0 Å². The molecule has 118 valence electrons. The molecule has 6 heteroatoms. The van der Waals surface area contributed by atoms with Crippen molar-refractivity contribution >= 4 is 15.7 Å². The van der Waals surface area contributed by atoms with Gasteiger partial charge in [0.25, 0.3) is 0 Å². The summed E-state index contributed by atoms with van der Waals surface area (Å²) in [5, 5.41) is 3.31. The molecule has 2 N–H and O–H groups in total. The molecule has 0 amide bonds. The average molecular weight is 312 g/mol. The first-order valence-corrected chi connectivity index (χ1v) is 9.05. The quantitative estimate of drug-likeness (QED) is 0.811. The van der Waals surface area contributed by atoms with Gasteiger partial charge in [-0.1, -0.05) is 6.92 Å². The minimum Gasteiger partial charge on any atom is -0.385 e. The Kier molecular flexibility index (Phi) is 6.02. The van der Waals surface area contributed by atoms with Crippen LogP contribution < -0.4 is 10.0 Å². The molecule has 0 aliphatic carbocycles. The van der Waals surface area contributed by atoms with Gasteiger partial charge in [-0.2, -0.15) is 0 Å². The highest BCUT2D eigenvalue weighted by Gasteiger charge is 2.14. The molecule has 2 rings (SSSR count). The first kappa shape index (κ1) is 16.3. The maximum absolute atomic E-state index is 11.8. The van der Waals surface area contributed by atoms with Gasteiger partial charge in [0, 0.05) is 25.4 Å². The Hall–Kier alpha value is -1.11. The highest BCUT2D eigenvalue weighted by molar-refractivity contribution is 7.89. The molecule has 0 radical (unpaired) electrons. The molecule has 1 fully saturated rings. The summed E-state index contributed by atoms with van der Waals surface area (Å²) in [4.78, 5) is 0.297. The van der Waals surface area contributed by atoms with Crippen LogP contribution in [0.1, 0.15) is 32.6 Å². The number of benzene rings is 1. The van der Waals surface area contributed by atoms with Crippen molar-refractivity contribution in [3.63, 3.8) is 0 Å². The third-order valence-electron chi connectivity index (χ3n) is 3.57. The van der Waals surface area contributed by atoms with Crippen LogP contribution in [0.2, 0.25) is 0 Å². The number of hydrogen-bond acceptors (Lipinski definition) is 4. The van der Waals surface area contributed by atoms with Crippen molar-refractivity contribution in [1.29, 1.82) is 0 Å². The van der Waals surface area contributed by atoms with Gasteiger partial charge in [0.05, 0.1) is 11.0 Å². The zero-order valence-electron chi connectivity index (χ0n) is 12.5. The topological polar surface area (TPSA) is 67.4 Å². The molecule has 21 heavy (non-hydrogen) atoms. The minimum absolute atomic E-state index is 0.297. The van der Waals surface area contributed by atoms with Crippen LogP contribution in [0.5, 0.6) is 0 Å². The van der Waals surface area contributed by atoms with Crippen molar-refractivity contribution in [3.8, 4) is 0 Å². The molecule has 1 aromatic carbocycles. The van der Waals surface area contributed by atoms with Crippen LogP contribution in [0.15, 0.2) is 29.2 Å². The summed E-state index contributed by atoms with van der Waals surface area (Å²) in [7, 11) is -3.36. The van der Waals surface area contributed by atoms with E-state index in [0.29, 0.717) is 17.5 Å². The second-order valence-corrected chi connectivity index (χ2v) is 7.00. The first-order valence-electron chi connectivity index (χ1n) is 7.57. The Labute approximate surface area is 127 Å². The van der Waals surface area contributed by atoms with Gasteiger partial charge in [0.1, 0.15) is 0 Å². The van der Waals surface area contributed by atoms with E-state index in [1.54, 1.807) is 31.2 Å². The highest BCUT2D eigenvalue weighted by atomic mass is 32.2. The molecular formula is C15H24N2O3S. The van der Waals surface area contributed by atoms with E-state index in [1.807, 2.05) is 0 Å². The number of nitrogens with one attached hydrogen (secondary N) is 2. The molecule has 1 atom stereocenters. The fourth-order valence-electron chi connectivity index (χ4n) is 2.44. The van der Waals surface area contributed by atoms with Gasteiger partial charge in [-0.25, -0.2) is 13.1 Å². The summed E-state index contributed by atoms with van der Waals surface area (Å²) in [6.07, 6.45) is 4.91. The average Bonchev–Trinajstić information content (AvgIpc) is 2.49. The van der Waals surface area contributed by atoms with Gasteiger partial charge < -0.3 is 10.1 Å². The number of ether oxygens (including phenoxy) is 1. The molecular weight excluding hydrogens is 288 g/mol. The summed E-state index contributed by atoms with van der Waals surface area (Å²) in [5.41, 5.74) is 0.932. The second kappa shape index (κ2) is 7.77. The Morgan fingerprint density at radius 1 is 1.24 bits per heavy atom. The molecule has 1 unspecified atom stereocenters. The maximum Gasteiger partial charge on any atom is 0.240 e. The molecule has 1 saturated heterocycles. The monoisotopic (exact) mass is 312 g/mol.